The first-order valence-electron chi connectivity index (χ1n) is 6.73. The molecule has 0 N–H and O–H groups in total. The Kier molecular flexibility index (Phi) is 4.98. The van der Waals surface area contributed by atoms with Crippen LogP contribution < -0.4 is 4.74 Å². The molecule has 0 aromatic heterocycles. The zero-order valence-corrected chi connectivity index (χ0v) is 12.8. The zero-order valence-electron chi connectivity index (χ0n) is 12.0. The minimum Gasteiger partial charge on any atom is -0.464 e. The summed E-state index contributed by atoms with van der Waals surface area (Å²) in [5.41, 5.74) is 0.988. The van der Waals surface area contributed by atoms with Crippen molar-refractivity contribution in [3.63, 3.8) is 0 Å². The molecule has 0 spiro atoms. The maximum atomic E-state index is 12.2. The van der Waals surface area contributed by atoms with Gasteiger partial charge in [0.1, 0.15) is 5.75 Å². The Morgan fingerprint density at radius 1 is 1.00 bits per heavy atom. The largest absolute Gasteiger partial charge is 0.464 e. The van der Waals surface area contributed by atoms with E-state index < -0.39 is 16.4 Å². The van der Waals surface area contributed by atoms with Crippen LogP contribution in [0.1, 0.15) is 18.9 Å². The molecule has 0 heterocycles. The fourth-order valence-corrected chi connectivity index (χ4v) is 2.76. The van der Waals surface area contributed by atoms with Crippen molar-refractivity contribution in [1.29, 1.82) is 0 Å². The highest BCUT2D eigenvalue weighted by molar-refractivity contribution is 7.86. The van der Waals surface area contributed by atoms with Crippen LogP contribution in [0, 0.1) is 6.92 Å². The van der Waals surface area contributed by atoms with E-state index in [1.165, 1.54) is 12.1 Å². The van der Waals surface area contributed by atoms with Gasteiger partial charge in [-0.15, -0.1) is 0 Å². The Labute approximate surface area is 125 Å². The van der Waals surface area contributed by atoms with E-state index in [0.29, 0.717) is 12.2 Å². The first-order valence-corrected chi connectivity index (χ1v) is 8.14. The van der Waals surface area contributed by atoms with Crippen molar-refractivity contribution in [3.05, 3.63) is 60.2 Å². The first-order chi connectivity index (χ1) is 10.0. The fourth-order valence-electron chi connectivity index (χ4n) is 1.72. The number of benzene rings is 2. The molecule has 0 aliphatic heterocycles. The van der Waals surface area contributed by atoms with E-state index in [0.717, 1.165) is 5.56 Å². The third-order valence-electron chi connectivity index (χ3n) is 2.89. The molecule has 0 bridgehead atoms. The van der Waals surface area contributed by atoms with Crippen LogP contribution in [-0.4, -0.2) is 14.7 Å². The second-order valence-electron chi connectivity index (χ2n) is 4.63. The summed E-state index contributed by atoms with van der Waals surface area (Å²) in [5, 5.41) is 0. The lowest BCUT2D eigenvalue weighted by molar-refractivity contribution is 0.00893. The predicted octanol–water partition coefficient (Wildman–Crippen LogP) is 3.52. The molecule has 0 saturated heterocycles. The Bertz CT molecular complexity index is 663. The summed E-state index contributed by atoms with van der Waals surface area (Å²) in [6.45, 7) is 3.70. The normalized spacial score (nSPS) is 12.9. The summed E-state index contributed by atoms with van der Waals surface area (Å²) in [6, 6.07) is 15.5. The van der Waals surface area contributed by atoms with Crippen LogP contribution in [0.15, 0.2) is 59.5 Å². The number of aryl methyl sites for hydroxylation is 1. The molecule has 21 heavy (non-hydrogen) atoms. The molecule has 112 valence electrons. The van der Waals surface area contributed by atoms with Crippen LogP contribution in [0.4, 0.5) is 0 Å². The van der Waals surface area contributed by atoms with Gasteiger partial charge in [-0.25, -0.2) is 4.18 Å². The van der Waals surface area contributed by atoms with Crippen LogP contribution >= 0.6 is 0 Å². The molecule has 0 saturated carbocycles. The summed E-state index contributed by atoms with van der Waals surface area (Å²) in [4.78, 5) is 0.128. The van der Waals surface area contributed by atoms with E-state index >= 15 is 0 Å². The van der Waals surface area contributed by atoms with Gasteiger partial charge in [-0.2, -0.15) is 8.42 Å². The number of hydrogen-bond donors (Lipinski definition) is 0. The van der Waals surface area contributed by atoms with Crippen LogP contribution in [-0.2, 0) is 14.3 Å². The van der Waals surface area contributed by atoms with Crippen molar-refractivity contribution in [2.75, 3.05) is 0 Å². The summed E-state index contributed by atoms with van der Waals surface area (Å²) in [7, 11) is -3.83. The van der Waals surface area contributed by atoms with Gasteiger partial charge >= 0.3 is 0 Å². The standard InChI is InChI=1S/C16H18O4S/c1-3-16(19-14-7-5-4-6-8-14)20-21(17,18)15-11-9-13(2)10-12-15/h4-12,16H,3H2,1-2H3/t16-/m1/s1. The minimum absolute atomic E-state index is 0.128. The second-order valence-corrected chi connectivity index (χ2v) is 6.20. The summed E-state index contributed by atoms with van der Waals surface area (Å²) >= 11 is 0. The molecule has 0 aliphatic rings. The second kappa shape index (κ2) is 6.74. The molecule has 2 aromatic carbocycles. The highest BCUT2D eigenvalue weighted by atomic mass is 32.2. The smallest absolute Gasteiger partial charge is 0.300 e. The molecular formula is C16H18O4S. The third kappa shape index (κ3) is 4.31. The van der Waals surface area contributed by atoms with E-state index in [4.69, 9.17) is 8.92 Å². The van der Waals surface area contributed by atoms with E-state index in [9.17, 15) is 8.42 Å². The van der Waals surface area contributed by atoms with Gasteiger partial charge in [0.05, 0.1) is 4.90 Å². The van der Waals surface area contributed by atoms with Gasteiger partial charge in [-0.3, -0.25) is 0 Å². The molecule has 4 nitrogen and oxygen atoms in total. The Balaban J connectivity index is 2.12. The number of para-hydroxylation sites is 1. The molecule has 1 atom stereocenters. The van der Waals surface area contributed by atoms with Gasteiger partial charge in [0, 0.05) is 6.42 Å². The molecule has 0 radical (unpaired) electrons. The highest BCUT2D eigenvalue weighted by Crippen LogP contribution is 2.19. The Morgan fingerprint density at radius 3 is 2.19 bits per heavy atom. The monoisotopic (exact) mass is 306 g/mol. The molecule has 0 unspecified atom stereocenters. The maximum Gasteiger partial charge on any atom is 0.300 e. The molecule has 5 heteroatoms. The van der Waals surface area contributed by atoms with Crippen molar-refractivity contribution < 1.29 is 17.3 Å². The average molecular weight is 306 g/mol. The molecular weight excluding hydrogens is 288 g/mol. The van der Waals surface area contributed by atoms with Gasteiger partial charge < -0.3 is 4.74 Å². The van der Waals surface area contributed by atoms with Gasteiger partial charge in [0.15, 0.2) is 0 Å². The van der Waals surface area contributed by atoms with Crippen molar-refractivity contribution >= 4 is 10.1 Å². The molecule has 2 aromatic rings. The number of hydrogen-bond acceptors (Lipinski definition) is 4. The van der Waals surface area contributed by atoms with E-state index in [-0.39, 0.29) is 4.90 Å². The summed E-state index contributed by atoms with van der Waals surface area (Å²) in [5.74, 6) is 0.573. The van der Waals surface area contributed by atoms with E-state index in [1.807, 2.05) is 25.1 Å². The van der Waals surface area contributed by atoms with Crippen LogP contribution in [0.5, 0.6) is 5.75 Å². The van der Waals surface area contributed by atoms with Crippen molar-refractivity contribution in [3.8, 4) is 5.75 Å². The van der Waals surface area contributed by atoms with Gasteiger partial charge in [-0.1, -0.05) is 42.8 Å². The fraction of sp³-hybridized carbons (Fsp3) is 0.250. The Morgan fingerprint density at radius 2 is 1.62 bits per heavy atom. The lowest BCUT2D eigenvalue weighted by Crippen LogP contribution is -2.23. The molecule has 0 fully saturated rings. The quantitative estimate of drug-likeness (QED) is 0.605. The van der Waals surface area contributed by atoms with Crippen molar-refractivity contribution in [2.24, 2.45) is 0 Å². The lowest BCUT2D eigenvalue weighted by Gasteiger charge is -2.17. The molecule has 0 aliphatic carbocycles. The van der Waals surface area contributed by atoms with Crippen molar-refractivity contribution in [1.82, 2.24) is 0 Å². The van der Waals surface area contributed by atoms with Gasteiger partial charge in [-0.05, 0) is 31.2 Å². The molecule has 2 rings (SSSR count). The van der Waals surface area contributed by atoms with Gasteiger partial charge in [0.25, 0.3) is 10.1 Å². The third-order valence-corrected chi connectivity index (χ3v) is 4.21. The highest BCUT2D eigenvalue weighted by Gasteiger charge is 2.21. The zero-order chi connectivity index (χ0) is 15.3. The summed E-state index contributed by atoms with van der Waals surface area (Å²) < 4.78 is 35.1. The Hall–Kier alpha value is -1.85. The molecule has 0 amide bonds. The number of ether oxygens (including phenoxy) is 1. The van der Waals surface area contributed by atoms with Crippen LogP contribution in [0.2, 0.25) is 0 Å². The predicted molar refractivity (Wildman–Crippen MR) is 80.6 cm³/mol. The summed E-state index contributed by atoms with van der Waals surface area (Å²) in [6.07, 6.45) is -0.432. The van der Waals surface area contributed by atoms with Crippen molar-refractivity contribution in [2.45, 2.75) is 31.5 Å². The van der Waals surface area contributed by atoms with Gasteiger partial charge in [0.2, 0.25) is 6.29 Å². The van der Waals surface area contributed by atoms with Crippen LogP contribution in [0.3, 0.4) is 0 Å². The minimum atomic E-state index is -3.83. The average Bonchev–Trinajstić information content (AvgIpc) is 2.48. The first kappa shape index (κ1) is 15.5. The topological polar surface area (TPSA) is 52.6 Å². The lowest BCUT2D eigenvalue weighted by atomic mass is 10.2. The van der Waals surface area contributed by atoms with Crippen LogP contribution in [0.25, 0.3) is 0 Å². The van der Waals surface area contributed by atoms with E-state index in [2.05, 4.69) is 0 Å². The number of rotatable bonds is 6. The van der Waals surface area contributed by atoms with E-state index in [1.54, 1.807) is 31.2 Å². The SMILES string of the molecule is CC[C@H](Oc1ccccc1)OS(=O)(=O)c1ccc(C)cc1. The maximum absolute atomic E-state index is 12.2.